The fourth-order valence-electron chi connectivity index (χ4n) is 3.67. The molecule has 0 heterocycles. The molecule has 0 aromatic heterocycles. The molecule has 0 aliphatic heterocycles. The Balaban J connectivity index is 3.63. The van der Waals surface area contributed by atoms with E-state index in [-0.39, 0.29) is 11.4 Å². The average Bonchev–Trinajstić information content (AvgIpc) is 2.60. The Labute approximate surface area is 154 Å². The van der Waals surface area contributed by atoms with Crippen molar-refractivity contribution in [1.29, 1.82) is 0 Å². The molecule has 1 rings (SSSR count). The molecule has 0 saturated heterocycles. The summed E-state index contributed by atoms with van der Waals surface area (Å²) in [5.41, 5.74) is -0.0124. The van der Waals surface area contributed by atoms with E-state index in [4.69, 9.17) is 0 Å². The summed E-state index contributed by atoms with van der Waals surface area (Å²) in [5.74, 6) is 0. The van der Waals surface area contributed by atoms with Gasteiger partial charge >= 0.3 is 154 Å². The predicted octanol–water partition coefficient (Wildman–Crippen LogP) is 5.56. The summed E-state index contributed by atoms with van der Waals surface area (Å²) in [6.07, 6.45) is 6.08. The second kappa shape index (κ2) is 10.7. The van der Waals surface area contributed by atoms with Crippen molar-refractivity contribution in [1.82, 2.24) is 0 Å². The van der Waals surface area contributed by atoms with Gasteiger partial charge in [-0.2, -0.15) is 0 Å². The molecule has 0 aliphatic carbocycles. The van der Waals surface area contributed by atoms with Crippen LogP contribution in [0.5, 0.6) is 0 Å². The third-order valence-electron chi connectivity index (χ3n) is 4.97. The summed E-state index contributed by atoms with van der Waals surface area (Å²) < 4.78 is 3.46. The van der Waals surface area contributed by atoms with Gasteiger partial charge < -0.3 is 0 Å². The summed E-state index contributed by atoms with van der Waals surface area (Å²) in [4.78, 5) is 22.6. The van der Waals surface area contributed by atoms with Crippen LogP contribution in [0.4, 0.5) is 11.4 Å². The second-order valence-electron chi connectivity index (χ2n) is 6.78. The van der Waals surface area contributed by atoms with Crippen molar-refractivity contribution >= 4 is 33.3 Å². The number of hydrogen-bond acceptors (Lipinski definition) is 4. The van der Waals surface area contributed by atoms with Gasteiger partial charge in [0.1, 0.15) is 0 Å². The molecule has 0 saturated carbocycles. The van der Waals surface area contributed by atoms with Crippen molar-refractivity contribution in [3.63, 3.8) is 0 Å². The molecule has 1 aromatic rings. The van der Waals surface area contributed by atoms with E-state index in [0.717, 1.165) is 51.8 Å². The zero-order chi connectivity index (χ0) is 18.9. The molecule has 0 radical (unpaired) electrons. The standard InChI is InChI=1S/C6H3N2O4.3C4H9.Sn/c9-7(10)5-2-1-3-6(4-5)8(11)12;3*1-3-4-2;/h1-3H;3*1,3-4H2,2H3;. The Morgan fingerprint density at radius 2 is 1.16 bits per heavy atom. The van der Waals surface area contributed by atoms with E-state index in [1.165, 1.54) is 18.2 Å². The molecular formula is C18H30N2O4Sn. The van der Waals surface area contributed by atoms with Crippen LogP contribution in [-0.4, -0.2) is 28.2 Å². The summed E-state index contributed by atoms with van der Waals surface area (Å²) in [7, 11) is 0. The number of nitro benzene ring substituents is 2. The molecule has 1 aromatic carbocycles. The molecule has 0 N–H and O–H groups in total. The van der Waals surface area contributed by atoms with E-state index in [1.54, 1.807) is 0 Å². The molecule has 0 spiro atoms. The number of rotatable bonds is 12. The Bertz CT molecular complexity index is 538. The number of hydrogen-bond donors (Lipinski definition) is 0. The van der Waals surface area contributed by atoms with E-state index in [9.17, 15) is 20.2 Å². The van der Waals surface area contributed by atoms with Crippen LogP contribution >= 0.6 is 0 Å². The summed E-state index contributed by atoms with van der Waals surface area (Å²) >= 11 is -3.27. The van der Waals surface area contributed by atoms with Crippen LogP contribution in [0.1, 0.15) is 59.3 Å². The minimum atomic E-state index is -3.27. The SMILES string of the molecule is CCC[CH2][Sn]([CH2]CCC)([CH2]CCC)[c]1c([N+](=O)[O-])cccc1[N+](=O)[O-]. The summed E-state index contributed by atoms with van der Waals surface area (Å²) in [6, 6.07) is 4.39. The van der Waals surface area contributed by atoms with Crippen molar-refractivity contribution in [3.8, 4) is 0 Å². The molecule has 0 bridgehead atoms. The van der Waals surface area contributed by atoms with Crippen LogP contribution in [-0.2, 0) is 0 Å². The number of benzene rings is 1. The first-order valence-electron chi connectivity index (χ1n) is 9.35. The van der Waals surface area contributed by atoms with Crippen LogP contribution in [0.25, 0.3) is 0 Å². The number of nitrogens with zero attached hydrogens (tertiary/aromatic N) is 2. The molecule has 140 valence electrons. The summed E-state index contributed by atoms with van der Waals surface area (Å²) in [6.45, 7) is 6.35. The van der Waals surface area contributed by atoms with Crippen molar-refractivity contribution in [2.75, 3.05) is 0 Å². The molecule has 0 atom stereocenters. The molecular weight excluding hydrogens is 427 g/mol. The average molecular weight is 457 g/mol. The van der Waals surface area contributed by atoms with Crippen molar-refractivity contribution in [3.05, 3.63) is 38.4 Å². The van der Waals surface area contributed by atoms with Crippen molar-refractivity contribution < 1.29 is 9.85 Å². The molecule has 25 heavy (non-hydrogen) atoms. The van der Waals surface area contributed by atoms with Crippen LogP contribution in [0.15, 0.2) is 18.2 Å². The van der Waals surface area contributed by atoms with E-state index >= 15 is 0 Å². The van der Waals surface area contributed by atoms with E-state index in [1.807, 2.05) is 0 Å². The van der Waals surface area contributed by atoms with Crippen molar-refractivity contribution in [2.24, 2.45) is 0 Å². The third kappa shape index (κ3) is 5.66. The van der Waals surface area contributed by atoms with Gasteiger partial charge in [0, 0.05) is 0 Å². The van der Waals surface area contributed by atoms with Gasteiger partial charge in [-0.1, -0.05) is 0 Å². The van der Waals surface area contributed by atoms with Gasteiger partial charge in [-0.05, 0) is 0 Å². The Kier molecular flexibility index (Phi) is 9.38. The first-order chi connectivity index (χ1) is 11.9. The van der Waals surface area contributed by atoms with Gasteiger partial charge in [-0.3, -0.25) is 0 Å². The maximum atomic E-state index is 11.7. The zero-order valence-corrected chi connectivity index (χ0v) is 18.5. The van der Waals surface area contributed by atoms with Crippen LogP contribution < -0.4 is 3.58 Å². The van der Waals surface area contributed by atoms with Gasteiger partial charge in [-0.15, -0.1) is 0 Å². The quantitative estimate of drug-likeness (QED) is 0.234. The molecule has 7 heteroatoms. The molecule has 6 nitrogen and oxygen atoms in total. The topological polar surface area (TPSA) is 86.3 Å². The Morgan fingerprint density at radius 3 is 1.44 bits per heavy atom. The molecule has 0 unspecified atom stereocenters. The van der Waals surface area contributed by atoms with Gasteiger partial charge in [0.25, 0.3) is 0 Å². The normalized spacial score (nSPS) is 11.5. The van der Waals surface area contributed by atoms with E-state index in [0.29, 0.717) is 3.58 Å². The van der Waals surface area contributed by atoms with Crippen molar-refractivity contribution in [2.45, 2.75) is 72.6 Å². The van der Waals surface area contributed by atoms with E-state index in [2.05, 4.69) is 20.8 Å². The number of unbranched alkanes of at least 4 members (excludes halogenated alkanes) is 3. The number of nitro groups is 2. The van der Waals surface area contributed by atoms with Gasteiger partial charge in [0.2, 0.25) is 0 Å². The van der Waals surface area contributed by atoms with Crippen LogP contribution in [0.3, 0.4) is 0 Å². The monoisotopic (exact) mass is 458 g/mol. The van der Waals surface area contributed by atoms with Crippen LogP contribution in [0.2, 0.25) is 13.3 Å². The zero-order valence-electron chi connectivity index (χ0n) is 15.6. The summed E-state index contributed by atoms with van der Waals surface area (Å²) in [5, 5.41) is 23.4. The molecule has 0 aliphatic rings. The van der Waals surface area contributed by atoms with Gasteiger partial charge in [0.15, 0.2) is 0 Å². The first-order valence-corrected chi connectivity index (χ1v) is 16.8. The molecule has 0 fully saturated rings. The fourth-order valence-corrected chi connectivity index (χ4v) is 20.9. The fraction of sp³-hybridized carbons (Fsp3) is 0.667. The Hall–Kier alpha value is -1.18. The Morgan fingerprint density at radius 1 is 0.800 bits per heavy atom. The predicted molar refractivity (Wildman–Crippen MR) is 104 cm³/mol. The van der Waals surface area contributed by atoms with Gasteiger partial charge in [0.05, 0.1) is 0 Å². The minimum absolute atomic E-state index is 0.00620. The third-order valence-corrected chi connectivity index (χ3v) is 20.7. The van der Waals surface area contributed by atoms with Gasteiger partial charge in [-0.25, -0.2) is 0 Å². The second-order valence-corrected chi connectivity index (χ2v) is 19.8. The maximum absolute atomic E-state index is 11.7. The molecule has 0 amide bonds. The van der Waals surface area contributed by atoms with Crippen LogP contribution in [0, 0.1) is 20.2 Å². The first kappa shape index (κ1) is 21.9. The van der Waals surface area contributed by atoms with E-state index < -0.39 is 28.2 Å².